The summed E-state index contributed by atoms with van der Waals surface area (Å²) >= 11 is 0. The Morgan fingerprint density at radius 3 is 2.32 bits per heavy atom. The van der Waals surface area contributed by atoms with E-state index in [-0.39, 0.29) is 11.9 Å². The second-order valence-corrected chi connectivity index (χ2v) is 6.85. The minimum atomic E-state index is -1.08. The van der Waals surface area contributed by atoms with Gasteiger partial charge in [-0.3, -0.25) is 4.79 Å². The van der Waals surface area contributed by atoms with Gasteiger partial charge in [-0.2, -0.15) is 0 Å². The minimum absolute atomic E-state index is 0.0489. The van der Waals surface area contributed by atoms with Crippen LogP contribution >= 0.6 is 0 Å². The predicted molar refractivity (Wildman–Crippen MR) is 107 cm³/mol. The van der Waals surface area contributed by atoms with Crippen molar-refractivity contribution in [1.29, 1.82) is 0 Å². The fraction of sp³-hybridized carbons (Fsp3) is 0.364. The van der Waals surface area contributed by atoms with Crippen LogP contribution in [0.25, 0.3) is 0 Å². The lowest BCUT2D eigenvalue weighted by molar-refractivity contribution is -0.139. The highest BCUT2D eigenvalue weighted by Gasteiger charge is 2.15. The number of amides is 1. The van der Waals surface area contributed by atoms with E-state index in [1.54, 1.807) is 25.1 Å². The number of carbonyl (C=O) groups is 2. The van der Waals surface area contributed by atoms with Gasteiger partial charge in [0.2, 0.25) is 0 Å². The highest BCUT2D eigenvalue weighted by atomic mass is 16.5. The molecule has 0 saturated carbocycles. The molecule has 0 aromatic heterocycles. The highest BCUT2D eigenvalue weighted by molar-refractivity contribution is 5.95. The molecule has 0 aliphatic carbocycles. The molecule has 150 valence electrons. The molecule has 0 bridgehead atoms. The SMILES string of the molecule is CCOc1cc(C(=O)NC(C)Cc2cc(C)cc(C)c2)ccc1OCC(=O)O. The van der Waals surface area contributed by atoms with E-state index in [1.165, 1.54) is 16.7 Å². The van der Waals surface area contributed by atoms with Gasteiger partial charge in [-0.05, 0) is 57.9 Å². The van der Waals surface area contributed by atoms with E-state index in [9.17, 15) is 9.59 Å². The number of carboxylic acids is 1. The summed E-state index contributed by atoms with van der Waals surface area (Å²) in [6, 6.07) is 11.0. The molecule has 0 spiro atoms. The zero-order valence-electron chi connectivity index (χ0n) is 16.7. The second kappa shape index (κ2) is 9.78. The first-order chi connectivity index (χ1) is 13.3. The van der Waals surface area contributed by atoms with Crippen molar-refractivity contribution in [3.63, 3.8) is 0 Å². The number of benzene rings is 2. The molecule has 6 nitrogen and oxygen atoms in total. The number of aliphatic carboxylic acids is 1. The van der Waals surface area contributed by atoms with E-state index in [0.717, 1.165) is 6.42 Å². The third kappa shape index (κ3) is 6.30. The van der Waals surface area contributed by atoms with Crippen LogP contribution in [0.1, 0.15) is 40.9 Å². The molecule has 2 aromatic carbocycles. The van der Waals surface area contributed by atoms with Crippen LogP contribution < -0.4 is 14.8 Å². The van der Waals surface area contributed by atoms with Crippen molar-refractivity contribution in [2.45, 2.75) is 40.2 Å². The summed E-state index contributed by atoms with van der Waals surface area (Å²) in [6.45, 7) is 7.78. The molecule has 0 heterocycles. The maximum absolute atomic E-state index is 12.6. The number of carbonyl (C=O) groups excluding carboxylic acids is 1. The summed E-state index contributed by atoms with van der Waals surface area (Å²) in [6.07, 6.45) is 0.729. The average molecular weight is 385 g/mol. The van der Waals surface area contributed by atoms with Gasteiger partial charge < -0.3 is 19.9 Å². The van der Waals surface area contributed by atoms with Crippen LogP contribution in [0.5, 0.6) is 11.5 Å². The maximum Gasteiger partial charge on any atom is 0.341 e. The van der Waals surface area contributed by atoms with E-state index < -0.39 is 12.6 Å². The molecule has 0 saturated heterocycles. The summed E-state index contributed by atoms with van der Waals surface area (Å²) in [5.41, 5.74) is 4.01. The lowest BCUT2D eigenvalue weighted by Crippen LogP contribution is -2.34. The molecule has 0 aliphatic heterocycles. The summed E-state index contributed by atoms with van der Waals surface area (Å²) < 4.78 is 10.7. The molecular formula is C22H27NO5. The number of hydrogen-bond donors (Lipinski definition) is 2. The standard InChI is InChI=1S/C22H27NO5/c1-5-27-20-12-18(6-7-19(20)28-13-21(24)25)22(26)23-16(4)11-17-9-14(2)8-15(3)10-17/h6-10,12,16H,5,11,13H2,1-4H3,(H,23,26)(H,24,25). The summed E-state index contributed by atoms with van der Waals surface area (Å²) in [7, 11) is 0. The quantitative estimate of drug-likeness (QED) is 0.690. The Morgan fingerprint density at radius 2 is 1.71 bits per heavy atom. The molecule has 1 atom stereocenters. The Labute approximate surface area is 165 Å². The summed E-state index contributed by atoms with van der Waals surface area (Å²) in [5, 5.41) is 11.8. The maximum atomic E-state index is 12.6. The number of hydrogen-bond acceptors (Lipinski definition) is 4. The van der Waals surface area contributed by atoms with Gasteiger partial charge in [0.25, 0.3) is 5.91 Å². The zero-order chi connectivity index (χ0) is 20.7. The average Bonchev–Trinajstić information content (AvgIpc) is 2.59. The fourth-order valence-electron chi connectivity index (χ4n) is 3.07. The third-order valence-electron chi connectivity index (χ3n) is 4.06. The van der Waals surface area contributed by atoms with Gasteiger partial charge in [0.1, 0.15) is 0 Å². The van der Waals surface area contributed by atoms with Crippen LogP contribution in [0, 0.1) is 13.8 Å². The predicted octanol–water partition coefficient (Wildman–Crippen LogP) is 3.53. The van der Waals surface area contributed by atoms with E-state index in [4.69, 9.17) is 14.6 Å². The van der Waals surface area contributed by atoms with Crippen LogP contribution in [-0.2, 0) is 11.2 Å². The third-order valence-corrected chi connectivity index (χ3v) is 4.06. The van der Waals surface area contributed by atoms with E-state index in [0.29, 0.717) is 23.7 Å². The number of carboxylic acid groups (broad SMARTS) is 1. The van der Waals surface area contributed by atoms with Crippen molar-refractivity contribution < 1.29 is 24.2 Å². The van der Waals surface area contributed by atoms with Crippen LogP contribution in [0.15, 0.2) is 36.4 Å². The monoisotopic (exact) mass is 385 g/mol. The Hall–Kier alpha value is -3.02. The number of aryl methyl sites for hydroxylation is 2. The van der Waals surface area contributed by atoms with Crippen molar-refractivity contribution in [3.05, 3.63) is 58.7 Å². The number of ether oxygens (including phenoxy) is 2. The Morgan fingerprint density at radius 1 is 1.04 bits per heavy atom. The second-order valence-electron chi connectivity index (χ2n) is 6.85. The normalized spacial score (nSPS) is 11.6. The Bertz CT molecular complexity index is 827. The molecule has 1 amide bonds. The molecule has 6 heteroatoms. The van der Waals surface area contributed by atoms with Gasteiger partial charge in [-0.1, -0.05) is 29.3 Å². The van der Waals surface area contributed by atoms with Gasteiger partial charge >= 0.3 is 5.97 Å². The van der Waals surface area contributed by atoms with E-state index >= 15 is 0 Å². The van der Waals surface area contributed by atoms with Crippen molar-refractivity contribution in [2.24, 2.45) is 0 Å². The van der Waals surface area contributed by atoms with Crippen LogP contribution in [0.4, 0.5) is 0 Å². The number of rotatable bonds is 9. The van der Waals surface area contributed by atoms with E-state index in [2.05, 4.69) is 37.4 Å². The first kappa shape index (κ1) is 21.3. The van der Waals surface area contributed by atoms with E-state index in [1.807, 2.05) is 6.92 Å². The van der Waals surface area contributed by atoms with Crippen molar-refractivity contribution in [2.75, 3.05) is 13.2 Å². The van der Waals surface area contributed by atoms with Crippen LogP contribution in [0.3, 0.4) is 0 Å². The van der Waals surface area contributed by atoms with Gasteiger partial charge in [-0.25, -0.2) is 4.79 Å². The number of nitrogens with one attached hydrogen (secondary N) is 1. The minimum Gasteiger partial charge on any atom is -0.490 e. The first-order valence-electron chi connectivity index (χ1n) is 9.28. The molecule has 0 fully saturated rings. The van der Waals surface area contributed by atoms with Gasteiger partial charge in [0.05, 0.1) is 6.61 Å². The largest absolute Gasteiger partial charge is 0.490 e. The fourth-order valence-corrected chi connectivity index (χ4v) is 3.07. The lowest BCUT2D eigenvalue weighted by Gasteiger charge is -2.16. The van der Waals surface area contributed by atoms with Crippen molar-refractivity contribution in [1.82, 2.24) is 5.32 Å². The summed E-state index contributed by atoms with van der Waals surface area (Å²) in [5.74, 6) is -0.658. The highest BCUT2D eigenvalue weighted by Crippen LogP contribution is 2.28. The van der Waals surface area contributed by atoms with Crippen molar-refractivity contribution in [3.8, 4) is 11.5 Å². The Balaban J connectivity index is 2.07. The topological polar surface area (TPSA) is 84.9 Å². The molecule has 0 aliphatic rings. The molecule has 0 radical (unpaired) electrons. The zero-order valence-corrected chi connectivity index (χ0v) is 16.7. The van der Waals surface area contributed by atoms with Gasteiger partial charge in [0.15, 0.2) is 18.1 Å². The Kier molecular flexibility index (Phi) is 7.44. The van der Waals surface area contributed by atoms with Crippen LogP contribution in [-0.4, -0.2) is 36.2 Å². The molecule has 2 aromatic rings. The van der Waals surface area contributed by atoms with Crippen LogP contribution in [0.2, 0.25) is 0 Å². The molecule has 28 heavy (non-hydrogen) atoms. The smallest absolute Gasteiger partial charge is 0.341 e. The van der Waals surface area contributed by atoms with Gasteiger partial charge in [-0.15, -0.1) is 0 Å². The van der Waals surface area contributed by atoms with Crippen molar-refractivity contribution >= 4 is 11.9 Å². The van der Waals surface area contributed by atoms with Gasteiger partial charge in [0, 0.05) is 11.6 Å². The molecule has 2 rings (SSSR count). The molecule has 1 unspecified atom stereocenters. The molecule has 2 N–H and O–H groups in total. The molecular weight excluding hydrogens is 358 g/mol. The summed E-state index contributed by atoms with van der Waals surface area (Å²) in [4.78, 5) is 23.3. The lowest BCUT2D eigenvalue weighted by atomic mass is 10.0. The first-order valence-corrected chi connectivity index (χ1v) is 9.28.